The third kappa shape index (κ3) is 25.9. The molecule has 2 aliphatic rings. The van der Waals surface area contributed by atoms with Gasteiger partial charge in [-0.05, 0) is 119 Å². The molecular formula is C123H122GeIr3N7O4Si-3. The molecule has 0 spiro atoms. The Morgan fingerprint density at radius 2 is 1.20 bits per heavy atom. The number of benzene rings is 13. The normalized spacial score (nSPS) is 12.7. The summed E-state index contributed by atoms with van der Waals surface area (Å²) in [6.45, 7) is 36.4. The maximum atomic E-state index is 10.0. The number of aryl methyl sites for hydroxylation is 5. The van der Waals surface area contributed by atoms with E-state index >= 15 is 0 Å². The summed E-state index contributed by atoms with van der Waals surface area (Å²) in [5.41, 5.74) is 25.0. The summed E-state index contributed by atoms with van der Waals surface area (Å²) >= 11 is -1.70. The number of imidazole rings is 1. The van der Waals surface area contributed by atoms with Crippen LogP contribution >= 0.6 is 0 Å². The van der Waals surface area contributed by atoms with E-state index in [4.69, 9.17) is 35.3 Å². The SMILES string of the molecule is CC(=O)C=C(C)O.CC(=O)C=C(C)O.C[Si](C)(C)c1cc(-c2[c-]cccc2)ncc1-c1ccccc1.Cc1[c-]c(-c2[c-]ccc3c(C(C)C)cc(C(C)C)cc23)cc(C)c1.Cc1[c-]c2c(cc1)c1ccccc1c1nc(C)cnc21.Cc1cccnc1-c1[c-]cccc1.[2H]c1c([2H])c([2H])c(-c2c([2H])n3c4c5c(c([2H])c([2H])c([2H])c5c5c([2H])c(C)c([2H])c([2H])c5[n+]24)C3)c(C)c1[2H].[CH3][Ge]([CH3])([CH3])[c]1ccc2[n+](c1)Cc1ccccc1-2.[Ir].[Ir].[Ir]. The Hall–Kier alpha value is -12.2. The maximum absolute atomic E-state index is 10.0. The molecule has 2 N–H and O–H groups in total. The first kappa shape index (κ1) is 91.8. The zero-order valence-corrected chi connectivity index (χ0v) is 92.8. The van der Waals surface area contributed by atoms with Crippen molar-refractivity contribution in [3.8, 4) is 67.3 Å². The number of aliphatic hydroxyl groups is 2. The molecule has 0 bridgehead atoms. The summed E-state index contributed by atoms with van der Waals surface area (Å²) in [5, 5.41) is 26.2. The van der Waals surface area contributed by atoms with Gasteiger partial charge in [0.05, 0.1) is 49.9 Å². The molecule has 0 atom stereocenters. The number of nitrogens with zero attached hydrogens (tertiary/aromatic N) is 7. The van der Waals surface area contributed by atoms with Crippen molar-refractivity contribution in [3.63, 3.8) is 0 Å². The smallest absolute Gasteiger partial charge is 0 e. The number of ketones is 2. The van der Waals surface area contributed by atoms with E-state index in [1.54, 1.807) is 4.40 Å². The van der Waals surface area contributed by atoms with Crippen LogP contribution in [-0.2, 0) is 83.0 Å². The molecule has 11 nitrogen and oxygen atoms in total. The number of carbonyl (C=O) groups excluding carboxylic acids is 2. The Balaban J connectivity index is 0.000000170. The molecule has 16 heteroatoms. The number of hydrogen-bond donors (Lipinski definition) is 2. The van der Waals surface area contributed by atoms with Gasteiger partial charge in [0, 0.05) is 118 Å². The fourth-order valence-corrected chi connectivity index (χ4v) is 21.0. The summed E-state index contributed by atoms with van der Waals surface area (Å²) in [4.78, 5) is 38.4. The topological polar surface area (TPSA) is 139 Å². The molecule has 8 heterocycles. The molecule has 0 fully saturated rings. The minimum atomic E-state index is -1.70. The van der Waals surface area contributed by atoms with E-state index in [2.05, 4.69) is 301 Å². The number of hydrogen-bond acceptors (Lipinski definition) is 8. The average molecular weight is 2450 g/mol. The van der Waals surface area contributed by atoms with Crippen LogP contribution in [0.25, 0.3) is 138 Å². The second kappa shape index (κ2) is 47.6. The van der Waals surface area contributed by atoms with E-state index in [1.807, 2.05) is 74.0 Å². The summed E-state index contributed by atoms with van der Waals surface area (Å²) in [6, 6.07) is 86.2. The van der Waals surface area contributed by atoms with Gasteiger partial charge in [-0.1, -0.05) is 227 Å². The number of fused-ring (bicyclic) bond motifs is 13. The van der Waals surface area contributed by atoms with E-state index in [1.165, 1.54) is 151 Å². The summed E-state index contributed by atoms with van der Waals surface area (Å²) in [7, 11) is -1.48. The Labute approximate surface area is 880 Å². The first-order valence-electron chi connectivity index (χ1n) is 51.4. The number of carbonyl (C=O) groups is 2. The third-order valence-electron chi connectivity index (χ3n) is 23.4. The first-order chi connectivity index (χ1) is 69.7. The zero-order valence-electron chi connectivity index (χ0n) is 93.5. The van der Waals surface area contributed by atoms with Crippen molar-refractivity contribution in [2.24, 2.45) is 0 Å². The van der Waals surface area contributed by atoms with Crippen LogP contribution in [0.15, 0.2) is 321 Å². The first-order valence-corrected chi connectivity index (χ1v) is 56.7. The van der Waals surface area contributed by atoms with Gasteiger partial charge in [0.25, 0.3) is 5.65 Å². The van der Waals surface area contributed by atoms with Crippen LogP contribution in [0.4, 0.5) is 0 Å². The molecule has 6 aromatic heterocycles. The molecule has 0 saturated heterocycles. The van der Waals surface area contributed by atoms with Crippen molar-refractivity contribution in [2.45, 2.75) is 166 Å². The van der Waals surface area contributed by atoms with Crippen molar-refractivity contribution in [1.29, 1.82) is 0 Å². The van der Waals surface area contributed by atoms with E-state index in [0.29, 0.717) is 28.4 Å². The van der Waals surface area contributed by atoms with Crippen molar-refractivity contribution in [2.75, 3.05) is 0 Å². The minimum absolute atomic E-state index is 0. The van der Waals surface area contributed by atoms with Crippen LogP contribution in [-0.4, -0.2) is 67.6 Å². The summed E-state index contributed by atoms with van der Waals surface area (Å²) in [5.74, 6) is 8.24. The van der Waals surface area contributed by atoms with E-state index < -0.39 is 33.4 Å². The van der Waals surface area contributed by atoms with Crippen LogP contribution in [0.2, 0.25) is 36.9 Å². The minimum Gasteiger partial charge on any atom is 0 e. The molecule has 0 unspecified atom stereocenters. The van der Waals surface area contributed by atoms with Crippen molar-refractivity contribution >= 4 is 113 Å². The third-order valence-corrected chi connectivity index (χ3v) is 29.7. The van der Waals surface area contributed by atoms with Gasteiger partial charge in [-0.25, -0.2) is 15.7 Å². The Kier molecular flexibility index (Phi) is 31.5. The number of aromatic nitrogens is 7. The van der Waals surface area contributed by atoms with Crippen LogP contribution in [0.5, 0.6) is 0 Å². The molecule has 3 radical (unpaired) electrons. The van der Waals surface area contributed by atoms with Crippen LogP contribution < -0.4 is 18.6 Å². The standard InChI is InChI=1S/C24H19N2.C24H26.C20H20NSi.C18H13N2.C15H18GeN.C12H10N.2C5H8O2.3Ir/c1-15-10-11-21-20(12-15)19-9-5-7-17-13-25-14-22(26(21)24(25)23(17)19)18-8-4-3-6-16(18)2;1-15(2)19-13-23(16(3)4)22-9-7-8-21(24(22)14-19)20-11-17(5)10-18(6)12-20;1-22(2,3)20-14-19(17-12-8-5-9-13-17)21-15-18(20)16-10-6-4-7-11-16;1-11-7-8-14-13-5-3-4-6-15(13)18-17(16(14)9-11)19-10-12(2)20-18;1-16(2,3)13-8-9-15-14-7-5-4-6-12(14)10-17(15)11-13;1-10-6-5-9-13-12(10)11-7-3-2-4-8-11;2*1-4(6)3-5(2)7;;;/h3-12,14H,13H2,1-2H3;7,9-11,13-16H,1-6H3;4-12,14-15H,1-3H3;3-8,10H,1-2H3;4-9,11H,10H2,1-3H3;2-7,9H,1H3;2*3,6H,1-2H3;;;/q+1;-2;2*-1;+1;-1;;;;;/i3D,4D,5D,6D,7D,8D,9D,10D,11D,12D,14D;;;;;;;;;;. The van der Waals surface area contributed by atoms with Gasteiger partial charge in [0.2, 0.25) is 0 Å². The molecule has 2 aliphatic heterocycles. The Morgan fingerprint density at radius 3 is 1.85 bits per heavy atom. The van der Waals surface area contributed by atoms with E-state index in [-0.39, 0.29) is 183 Å². The maximum Gasteiger partial charge on any atom is 0 e. The number of pyridine rings is 4. The summed E-state index contributed by atoms with van der Waals surface area (Å²) in [6.07, 6.45) is 10.2. The predicted molar refractivity (Wildman–Crippen MR) is 573 cm³/mol. The molecule has 711 valence electrons. The Bertz CT molecular complexity index is 8310. The van der Waals surface area contributed by atoms with Gasteiger partial charge >= 0.3 is 105 Å². The van der Waals surface area contributed by atoms with Gasteiger partial charge in [-0.3, -0.25) is 14.6 Å². The molecule has 0 amide bonds. The average Bonchev–Trinajstić information content (AvgIpc) is 1.50. The van der Waals surface area contributed by atoms with E-state index in [9.17, 15) is 9.59 Å². The van der Waals surface area contributed by atoms with Gasteiger partial charge in [0.15, 0.2) is 17.3 Å². The quantitative estimate of drug-likeness (QED) is 0.0326. The van der Waals surface area contributed by atoms with Crippen LogP contribution in [0.3, 0.4) is 0 Å². The van der Waals surface area contributed by atoms with Gasteiger partial charge in [0.1, 0.15) is 19.6 Å². The molecule has 139 heavy (non-hydrogen) atoms. The molecule has 0 saturated carbocycles. The second-order valence-electron chi connectivity index (χ2n) is 37.3. The number of rotatable bonds is 11. The predicted octanol–water partition coefficient (Wildman–Crippen LogP) is 28.7. The van der Waals surface area contributed by atoms with Gasteiger partial charge in [-0.2, -0.15) is 28.7 Å². The zero-order chi connectivity index (χ0) is 107. The van der Waals surface area contributed by atoms with Crippen molar-refractivity contribution < 1.29 is 104 Å². The van der Waals surface area contributed by atoms with Gasteiger partial charge < -0.3 is 25.2 Å². The van der Waals surface area contributed by atoms with E-state index in [0.717, 1.165) is 67.7 Å². The fourth-order valence-electron chi connectivity index (χ4n) is 17.0. The van der Waals surface area contributed by atoms with Gasteiger partial charge in [-0.15, -0.1) is 141 Å². The monoisotopic (exact) mass is 2450 g/mol. The number of aliphatic hydroxyl groups excluding tert-OH is 2. The summed E-state index contributed by atoms with van der Waals surface area (Å²) < 4.78 is 101. The van der Waals surface area contributed by atoms with Crippen molar-refractivity contribution in [1.82, 2.24) is 24.5 Å². The van der Waals surface area contributed by atoms with Crippen LogP contribution in [0, 0.1) is 78.8 Å². The molecule has 21 rings (SSSR count). The van der Waals surface area contributed by atoms with Crippen molar-refractivity contribution in [3.05, 3.63) is 413 Å². The Morgan fingerprint density at radius 1 is 0.525 bits per heavy atom. The number of allylic oxidation sites excluding steroid dienone is 4. The second-order valence-corrected chi connectivity index (χ2v) is 53.0. The molecule has 0 aliphatic carbocycles. The fraction of sp³-hybridized carbons (Fsp3) is 0.203. The molecular weight excluding hydrogens is 2320 g/mol. The van der Waals surface area contributed by atoms with Crippen LogP contribution in [0.1, 0.15) is 144 Å². The largest absolute Gasteiger partial charge is 0 e. The molecule has 19 aromatic rings. The molecule has 13 aromatic carbocycles.